The quantitative estimate of drug-likeness (QED) is 0.508. The number of rotatable bonds is 8. The molecule has 140 valence electrons. The van der Waals surface area contributed by atoms with Crippen molar-refractivity contribution in [3.05, 3.63) is 59.7 Å². The fraction of sp³-hybridized carbons (Fsp3) is 0.455. The molecule has 1 aliphatic heterocycles. The number of thioether (sulfide) groups is 1. The van der Waals surface area contributed by atoms with Crippen molar-refractivity contribution in [2.75, 3.05) is 38.6 Å². The van der Waals surface area contributed by atoms with E-state index < -0.39 is 0 Å². The molecule has 2 nitrogen and oxygen atoms in total. The van der Waals surface area contributed by atoms with Crippen LogP contribution in [0.3, 0.4) is 0 Å². The number of thiol groups is 1. The third-order valence-corrected chi connectivity index (χ3v) is 6.54. The number of hydrogen-bond donors (Lipinski definition) is 1. The van der Waals surface area contributed by atoms with Crippen LogP contribution in [0.1, 0.15) is 17.5 Å². The maximum Gasteiger partial charge on any atom is 0.0594 e. The molecular weight excluding hydrogens is 358 g/mol. The van der Waals surface area contributed by atoms with Gasteiger partial charge in [-0.3, -0.25) is 4.90 Å². The molecule has 3 rings (SSSR count). The number of hydrogen-bond acceptors (Lipinski definition) is 4. The molecule has 1 aliphatic rings. The van der Waals surface area contributed by atoms with Gasteiger partial charge in [0.1, 0.15) is 0 Å². The number of benzene rings is 2. The van der Waals surface area contributed by atoms with Crippen LogP contribution in [0.4, 0.5) is 0 Å². The van der Waals surface area contributed by atoms with Gasteiger partial charge in [-0.2, -0.15) is 0 Å². The molecule has 1 saturated heterocycles. The minimum atomic E-state index is 0.674. The molecule has 0 unspecified atom stereocenters. The first-order valence-electron chi connectivity index (χ1n) is 9.47. The second kappa shape index (κ2) is 10.4. The summed E-state index contributed by atoms with van der Waals surface area (Å²) in [5.74, 6) is 1.84. The van der Waals surface area contributed by atoms with E-state index in [1.807, 2.05) is 11.8 Å². The van der Waals surface area contributed by atoms with Crippen LogP contribution in [0.5, 0.6) is 0 Å². The van der Waals surface area contributed by atoms with Crippen LogP contribution in [0.25, 0.3) is 0 Å². The van der Waals surface area contributed by atoms with E-state index in [9.17, 15) is 0 Å². The summed E-state index contributed by atoms with van der Waals surface area (Å²) in [4.78, 5) is 4.97. The van der Waals surface area contributed by atoms with Crippen LogP contribution in [0, 0.1) is 12.8 Å². The largest absolute Gasteiger partial charge is 0.379 e. The highest BCUT2D eigenvalue weighted by Gasteiger charge is 2.16. The van der Waals surface area contributed by atoms with E-state index in [2.05, 4.69) is 73.0 Å². The van der Waals surface area contributed by atoms with Crippen molar-refractivity contribution in [1.29, 1.82) is 0 Å². The fourth-order valence-corrected chi connectivity index (χ4v) is 4.72. The predicted molar refractivity (Wildman–Crippen MR) is 115 cm³/mol. The summed E-state index contributed by atoms with van der Waals surface area (Å²) in [5, 5.41) is 0. The lowest BCUT2D eigenvalue weighted by molar-refractivity contribution is 0.0358. The Morgan fingerprint density at radius 2 is 1.88 bits per heavy atom. The molecular formula is C22H29NOS2. The maximum atomic E-state index is 5.48. The van der Waals surface area contributed by atoms with Crippen molar-refractivity contribution in [2.45, 2.75) is 29.6 Å². The smallest absolute Gasteiger partial charge is 0.0594 e. The summed E-state index contributed by atoms with van der Waals surface area (Å²) in [7, 11) is 0. The summed E-state index contributed by atoms with van der Waals surface area (Å²) >= 11 is 6.45. The summed E-state index contributed by atoms with van der Waals surface area (Å²) in [6, 6.07) is 17.3. The Morgan fingerprint density at radius 3 is 2.62 bits per heavy atom. The second-order valence-corrected chi connectivity index (χ2v) is 8.66. The Hall–Kier alpha value is -0.940. The monoisotopic (exact) mass is 387 g/mol. The first kappa shape index (κ1) is 19.8. The Bertz CT molecular complexity index is 671. The molecule has 0 saturated carbocycles. The summed E-state index contributed by atoms with van der Waals surface area (Å²) in [6.07, 6.45) is 2.38. The highest BCUT2D eigenvalue weighted by Crippen LogP contribution is 2.26. The van der Waals surface area contributed by atoms with Crippen LogP contribution >= 0.6 is 24.4 Å². The molecule has 1 atom stereocenters. The van der Waals surface area contributed by atoms with E-state index in [0.717, 1.165) is 43.4 Å². The molecule has 26 heavy (non-hydrogen) atoms. The van der Waals surface area contributed by atoms with Crippen molar-refractivity contribution in [2.24, 2.45) is 5.92 Å². The van der Waals surface area contributed by atoms with Gasteiger partial charge in [0, 0.05) is 28.6 Å². The molecule has 1 heterocycles. The topological polar surface area (TPSA) is 12.5 Å². The van der Waals surface area contributed by atoms with Gasteiger partial charge in [-0.15, -0.1) is 24.4 Å². The maximum absolute atomic E-state index is 5.48. The molecule has 4 heteroatoms. The Morgan fingerprint density at radius 1 is 1.12 bits per heavy atom. The zero-order valence-electron chi connectivity index (χ0n) is 15.6. The lowest BCUT2D eigenvalue weighted by Gasteiger charge is -2.28. The Kier molecular flexibility index (Phi) is 7.93. The van der Waals surface area contributed by atoms with E-state index in [0.29, 0.717) is 5.92 Å². The van der Waals surface area contributed by atoms with E-state index in [1.165, 1.54) is 29.0 Å². The lowest BCUT2D eigenvalue weighted by Crippen LogP contribution is -2.37. The zero-order valence-corrected chi connectivity index (χ0v) is 17.3. The average Bonchev–Trinajstić information content (AvgIpc) is 2.67. The first-order valence-corrected chi connectivity index (χ1v) is 10.9. The van der Waals surface area contributed by atoms with Crippen molar-refractivity contribution in [1.82, 2.24) is 4.90 Å². The fourth-order valence-electron chi connectivity index (χ4n) is 3.39. The van der Waals surface area contributed by atoms with Crippen LogP contribution < -0.4 is 0 Å². The van der Waals surface area contributed by atoms with Crippen molar-refractivity contribution >= 4 is 24.4 Å². The van der Waals surface area contributed by atoms with Gasteiger partial charge in [0.05, 0.1) is 13.2 Å². The van der Waals surface area contributed by atoms with Crippen LogP contribution in [0.15, 0.2) is 58.3 Å². The predicted octanol–water partition coefficient (Wildman–Crippen LogP) is 4.96. The van der Waals surface area contributed by atoms with Gasteiger partial charge < -0.3 is 4.74 Å². The van der Waals surface area contributed by atoms with Crippen molar-refractivity contribution in [3.8, 4) is 0 Å². The number of ether oxygens (including phenoxy) is 1. The van der Waals surface area contributed by atoms with E-state index in [4.69, 9.17) is 4.74 Å². The van der Waals surface area contributed by atoms with Gasteiger partial charge in [0.15, 0.2) is 0 Å². The van der Waals surface area contributed by atoms with Crippen LogP contribution in [-0.4, -0.2) is 43.5 Å². The first-order chi connectivity index (χ1) is 12.7. The van der Waals surface area contributed by atoms with Crippen LogP contribution in [-0.2, 0) is 11.2 Å². The third kappa shape index (κ3) is 6.34. The minimum Gasteiger partial charge on any atom is -0.379 e. The Labute approximate surface area is 167 Å². The molecule has 1 fully saturated rings. The minimum absolute atomic E-state index is 0.674. The van der Waals surface area contributed by atoms with Gasteiger partial charge in [0.2, 0.25) is 0 Å². The molecule has 0 radical (unpaired) electrons. The molecule has 0 aromatic heterocycles. The molecule has 0 aliphatic carbocycles. The normalized spacial score (nSPS) is 16.5. The van der Waals surface area contributed by atoms with Gasteiger partial charge in [-0.25, -0.2) is 0 Å². The van der Waals surface area contributed by atoms with Crippen molar-refractivity contribution in [3.63, 3.8) is 0 Å². The summed E-state index contributed by atoms with van der Waals surface area (Å²) < 4.78 is 5.48. The van der Waals surface area contributed by atoms with E-state index in [-0.39, 0.29) is 0 Å². The van der Waals surface area contributed by atoms with E-state index >= 15 is 0 Å². The molecule has 0 spiro atoms. The van der Waals surface area contributed by atoms with Gasteiger partial charge in [-0.05, 0) is 67.6 Å². The lowest BCUT2D eigenvalue weighted by atomic mass is 9.95. The summed E-state index contributed by atoms with van der Waals surface area (Å²) in [6.45, 7) is 7.29. The van der Waals surface area contributed by atoms with Crippen molar-refractivity contribution < 1.29 is 4.74 Å². The second-order valence-electron chi connectivity index (χ2n) is 7.05. The molecule has 0 amide bonds. The molecule has 0 bridgehead atoms. The number of nitrogens with zero attached hydrogens (tertiary/aromatic N) is 1. The van der Waals surface area contributed by atoms with Gasteiger partial charge in [-0.1, -0.05) is 24.3 Å². The van der Waals surface area contributed by atoms with Crippen LogP contribution in [0.2, 0.25) is 0 Å². The summed E-state index contributed by atoms with van der Waals surface area (Å²) in [5.41, 5.74) is 2.82. The number of morpholine rings is 1. The average molecular weight is 388 g/mol. The highest BCUT2D eigenvalue weighted by molar-refractivity contribution is 7.99. The Balaban J connectivity index is 1.61. The molecule has 2 aromatic carbocycles. The zero-order chi connectivity index (χ0) is 18.2. The molecule has 0 N–H and O–H groups in total. The highest BCUT2D eigenvalue weighted by atomic mass is 32.2. The standard InChI is InChI=1S/C22H29NOS2/c1-18-15-21(25)8-7-20(18)16-19(9-10-23-11-13-24-14-12-23)17-26-22-5-3-2-4-6-22/h2-8,15,19,25H,9-14,16-17H2,1H3/t19-/m0/s1. The van der Waals surface area contributed by atoms with Gasteiger partial charge >= 0.3 is 0 Å². The molecule has 2 aromatic rings. The van der Waals surface area contributed by atoms with E-state index in [1.54, 1.807) is 0 Å². The number of aryl methyl sites for hydroxylation is 1. The third-order valence-electron chi connectivity index (χ3n) is 5.02. The van der Waals surface area contributed by atoms with Gasteiger partial charge in [0.25, 0.3) is 0 Å². The SMILES string of the molecule is Cc1cc(S)ccc1C[C@H](CCN1CCOCC1)CSc1ccccc1.